The molecule has 0 saturated heterocycles. The van der Waals surface area contributed by atoms with Crippen LogP contribution in [0.1, 0.15) is 60.4 Å². The van der Waals surface area contributed by atoms with Gasteiger partial charge >= 0.3 is 0 Å². The Morgan fingerprint density at radius 3 is 2.52 bits per heavy atom. The predicted molar refractivity (Wildman–Crippen MR) is 127 cm³/mol. The largest absolute Gasteiger partial charge is 0.352 e. The second-order valence-electron chi connectivity index (χ2n) is 9.01. The fraction of sp³-hybridized carbons (Fsp3) is 0.375. The first-order chi connectivity index (χ1) is 15.5. The highest BCUT2D eigenvalue weighted by Crippen LogP contribution is 2.28. The third kappa shape index (κ3) is 6.41. The quantitative estimate of drug-likeness (QED) is 0.478. The summed E-state index contributed by atoms with van der Waals surface area (Å²) in [7, 11) is -3.82. The van der Waals surface area contributed by atoms with Crippen molar-refractivity contribution in [3.8, 4) is 0 Å². The second-order valence-corrected chi connectivity index (χ2v) is 10.7. The Kier molecular flexibility index (Phi) is 7.22. The number of carbonyl (C=O) groups excluding carboxylic acids is 1. The zero-order chi connectivity index (χ0) is 24.2. The number of carbonyl (C=O) groups is 1. The first-order valence-corrected chi connectivity index (χ1v) is 12.3. The number of rotatable bonds is 8. The Bertz CT molecular complexity index is 1240. The van der Waals surface area contributed by atoms with E-state index in [-0.39, 0.29) is 16.2 Å². The number of aryl methyl sites for hydroxylation is 3. The molecule has 176 valence electrons. The molecular weight excluding hydrogens is 440 g/mol. The van der Waals surface area contributed by atoms with E-state index < -0.39 is 10.0 Å². The molecule has 2 N–H and O–H groups in total. The number of anilines is 1. The van der Waals surface area contributed by atoms with Gasteiger partial charge in [-0.15, -0.1) is 0 Å². The minimum absolute atomic E-state index is 0.182. The summed E-state index contributed by atoms with van der Waals surface area (Å²) in [5, 5.41) is 6.56. The molecule has 33 heavy (non-hydrogen) atoms. The average molecular weight is 471 g/mol. The summed E-state index contributed by atoms with van der Waals surface area (Å²) < 4.78 is 33.9. The molecule has 8 nitrogen and oxygen atoms in total. The normalized spacial score (nSPS) is 11.9. The Balaban J connectivity index is 1.67. The Hall–Kier alpha value is -3.20. The number of nitrogens with one attached hydrogen (secondary N) is 2. The molecule has 0 radical (unpaired) electrons. The van der Waals surface area contributed by atoms with Gasteiger partial charge in [0.15, 0.2) is 5.82 Å². The topological polar surface area (TPSA) is 114 Å². The van der Waals surface area contributed by atoms with E-state index in [0.29, 0.717) is 47.9 Å². The van der Waals surface area contributed by atoms with Gasteiger partial charge in [-0.05, 0) is 61.1 Å². The van der Waals surface area contributed by atoms with Crippen molar-refractivity contribution in [2.75, 3.05) is 11.3 Å². The van der Waals surface area contributed by atoms with Gasteiger partial charge in [0.2, 0.25) is 5.89 Å². The van der Waals surface area contributed by atoms with Crippen molar-refractivity contribution in [1.29, 1.82) is 0 Å². The number of hydrogen-bond donors (Lipinski definition) is 2. The summed E-state index contributed by atoms with van der Waals surface area (Å²) in [6.07, 6.45) is 1.21. The minimum atomic E-state index is -3.82. The Morgan fingerprint density at radius 1 is 1.09 bits per heavy atom. The van der Waals surface area contributed by atoms with E-state index in [4.69, 9.17) is 4.52 Å². The molecule has 0 spiro atoms. The van der Waals surface area contributed by atoms with Crippen molar-refractivity contribution in [3.05, 3.63) is 70.9 Å². The van der Waals surface area contributed by atoms with Gasteiger partial charge in [-0.2, -0.15) is 4.98 Å². The van der Waals surface area contributed by atoms with Gasteiger partial charge in [0, 0.05) is 24.2 Å². The molecule has 3 aromatic rings. The first kappa shape index (κ1) is 24.4. The minimum Gasteiger partial charge on any atom is -0.352 e. The predicted octanol–water partition coefficient (Wildman–Crippen LogP) is 4.15. The molecule has 0 saturated carbocycles. The fourth-order valence-electron chi connectivity index (χ4n) is 3.28. The van der Waals surface area contributed by atoms with Crippen LogP contribution in [0.3, 0.4) is 0 Å². The zero-order valence-electron chi connectivity index (χ0n) is 19.6. The number of benzene rings is 2. The third-order valence-corrected chi connectivity index (χ3v) is 6.67. The molecule has 0 aliphatic rings. The lowest BCUT2D eigenvalue weighted by atomic mass is 9.87. The van der Waals surface area contributed by atoms with Crippen LogP contribution in [0, 0.1) is 13.8 Å². The van der Waals surface area contributed by atoms with E-state index >= 15 is 0 Å². The van der Waals surface area contributed by atoms with Crippen molar-refractivity contribution in [2.24, 2.45) is 0 Å². The van der Waals surface area contributed by atoms with Crippen LogP contribution in [0.25, 0.3) is 0 Å². The van der Waals surface area contributed by atoms with Gasteiger partial charge in [0.1, 0.15) is 0 Å². The molecule has 3 rings (SSSR count). The van der Waals surface area contributed by atoms with Gasteiger partial charge in [0.05, 0.1) is 4.90 Å². The van der Waals surface area contributed by atoms with Crippen molar-refractivity contribution in [1.82, 2.24) is 15.5 Å². The highest BCUT2D eigenvalue weighted by Gasteiger charge is 2.22. The lowest BCUT2D eigenvalue weighted by Crippen LogP contribution is -2.25. The summed E-state index contributed by atoms with van der Waals surface area (Å²) in [4.78, 5) is 16.9. The van der Waals surface area contributed by atoms with E-state index in [1.165, 1.54) is 6.07 Å². The highest BCUT2D eigenvalue weighted by molar-refractivity contribution is 7.92. The van der Waals surface area contributed by atoms with Gasteiger partial charge < -0.3 is 9.84 Å². The van der Waals surface area contributed by atoms with Crippen LogP contribution < -0.4 is 10.0 Å². The lowest BCUT2D eigenvalue weighted by Gasteiger charge is -2.21. The summed E-state index contributed by atoms with van der Waals surface area (Å²) in [6, 6.07) is 11.9. The van der Waals surface area contributed by atoms with Crippen LogP contribution in [0.15, 0.2) is 51.9 Å². The molecule has 0 aliphatic heterocycles. The molecule has 2 aromatic carbocycles. The van der Waals surface area contributed by atoms with E-state index in [1.54, 1.807) is 38.1 Å². The molecule has 0 fully saturated rings. The summed E-state index contributed by atoms with van der Waals surface area (Å²) >= 11 is 0. The number of nitrogens with zero attached hydrogens (tertiary/aromatic N) is 2. The van der Waals surface area contributed by atoms with Crippen LogP contribution >= 0.6 is 0 Å². The smallest absolute Gasteiger partial charge is 0.262 e. The molecule has 1 aromatic heterocycles. The molecule has 0 atom stereocenters. The van der Waals surface area contributed by atoms with Crippen molar-refractivity contribution in [3.63, 3.8) is 0 Å². The van der Waals surface area contributed by atoms with Crippen molar-refractivity contribution >= 4 is 21.6 Å². The third-order valence-electron chi connectivity index (χ3n) is 5.14. The maximum Gasteiger partial charge on any atom is 0.262 e. The van der Waals surface area contributed by atoms with Crippen LogP contribution in [-0.4, -0.2) is 31.0 Å². The summed E-state index contributed by atoms with van der Waals surface area (Å²) in [5.41, 5.74) is 2.09. The highest BCUT2D eigenvalue weighted by atomic mass is 32.2. The maximum atomic E-state index is 13.1. The SMILES string of the molecule is Cc1noc(CCCNC(=O)c2cccc(NS(=O)(=O)c3cc(C(C)(C)C)ccc3C)c2)n1. The fourth-order valence-corrected chi connectivity index (χ4v) is 4.60. The van der Waals surface area contributed by atoms with E-state index in [2.05, 4.69) is 20.2 Å². The lowest BCUT2D eigenvalue weighted by molar-refractivity contribution is 0.0953. The molecule has 1 amide bonds. The number of amides is 1. The van der Waals surface area contributed by atoms with Crippen LogP contribution in [0.2, 0.25) is 0 Å². The summed E-state index contributed by atoms with van der Waals surface area (Å²) in [6.45, 7) is 10.0. The average Bonchev–Trinajstić information content (AvgIpc) is 3.15. The number of aromatic nitrogens is 2. The first-order valence-electron chi connectivity index (χ1n) is 10.8. The monoisotopic (exact) mass is 470 g/mol. The summed E-state index contributed by atoms with van der Waals surface area (Å²) in [5.74, 6) is 0.821. The van der Waals surface area contributed by atoms with Crippen molar-refractivity contribution < 1.29 is 17.7 Å². The van der Waals surface area contributed by atoms with Gasteiger partial charge in [-0.1, -0.05) is 44.1 Å². The van der Waals surface area contributed by atoms with Crippen molar-refractivity contribution in [2.45, 2.75) is 57.8 Å². The Labute approximate surface area is 194 Å². The second kappa shape index (κ2) is 9.74. The molecule has 1 heterocycles. The maximum absolute atomic E-state index is 13.1. The molecule has 0 bridgehead atoms. The zero-order valence-corrected chi connectivity index (χ0v) is 20.4. The van der Waals surface area contributed by atoms with Crippen LogP contribution in [0.4, 0.5) is 5.69 Å². The molecule has 9 heteroatoms. The van der Waals surface area contributed by atoms with Crippen LogP contribution in [-0.2, 0) is 21.9 Å². The molecule has 0 aliphatic carbocycles. The van der Waals surface area contributed by atoms with E-state index in [1.807, 2.05) is 32.9 Å². The molecule has 0 unspecified atom stereocenters. The molecular formula is C24H30N4O4S. The van der Waals surface area contributed by atoms with E-state index in [0.717, 1.165) is 5.56 Å². The van der Waals surface area contributed by atoms with Gasteiger partial charge in [-0.3, -0.25) is 9.52 Å². The Morgan fingerprint density at radius 2 is 1.85 bits per heavy atom. The number of hydrogen-bond acceptors (Lipinski definition) is 6. The number of sulfonamides is 1. The standard InChI is InChI=1S/C24H30N4O4S/c1-16-11-12-19(24(3,4)5)15-21(16)33(30,31)28-20-9-6-8-18(14-20)23(29)25-13-7-10-22-26-17(2)27-32-22/h6,8-9,11-12,14-15,28H,7,10,13H2,1-5H3,(H,25,29). The van der Waals surface area contributed by atoms with Crippen LogP contribution in [0.5, 0.6) is 0 Å². The van der Waals surface area contributed by atoms with Gasteiger partial charge in [-0.25, -0.2) is 8.42 Å². The van der Waals surface area contributed by atoms with E-state index in [9.17, 15) is 13.2 Å². The van der Waals surface area contributed by atoms with Gasteiger partial charge in [0.25, 0.3) is 15.9 Å².